The molecule has 13 heavy (non-hydrogen) atoms. The maximum atomic E-state index is 9.73. The first-order valence-electron chi connectivity index (χ1n) is 5.19. The summed E-state index contributed by atoms with van der Waals surface area (Å²) in [5.74, 6) is 0. The summed E-state index contributed by atoms with van der Waals surface area (Å²) in [5, 5.41) is 9.73. The molecular weight excluding hydrogens is 162 g/mol. The summed E-state index contributed by atoms with van der Waals surface area (Å²) in [4.78, 5) is 0. The smallest absolute Gasteiger partial charge is 0.0807 e. The van der Waals surface area contributed by atoms with E-state index in [0.717, 1.165) is 32.2 Å². The summed E-state index contributed by atoms with van der Waals surface area (Å²) >= 11 is 0. The van der Waals surface area contributed by atoms with Crippen molar-refractivity contribution in [2.75, 3.05) is 0 Å². The van der Waals surface area contributed by atoms with E-state index in [1.165, 1.54) is 11.3 Å². The van der Waals surface area contributed by atoms with E-state index in [0.29, 0.717) is 0 Å². The van der Waals surface area contributed by atoms with Crippen molar-refractivity contribution in [2.45, 2.75) is 45.3 Å². The van der Waals surface area contributed by atoms with Crippen molar-refractivity contribution >= 4 is 0 Å². The van der Waals surface area contributed by atoms with Crippen molar-refractivity contribution in [2.24, 2.45) is 0 Å². The van der Waals surface area contributed by atoms with E-state index < -0.39 is 0 Å². The van der Waals surface area contributed by atoms with Crippen molar-refractivity contribution in [1.29, 1.82) is 0 Å². The van der Waals surface area contributed by atoms with Crippen molar-refractivity contribution < 1.29 is 5.11 Å². The number of aliphatic hydroxyl groups is 1. The number of hydrogen-bond donors (Lipinski definition) is 1. The van der Waals surface area contributed by atoms with Crippen LogP contribution in [0, 0.1) is 0 Å². The second-order valence-corrected chi connectivity index (χ2v) is 3.82. The molecule has 1 atom stereocenters. The molecule has 0 spiro atoms. The zero-order valence-electron chi connectivity index (χ0n) is 8.16. The Bertz CT molecular complexity index is 290. The zero-order valence-corrected chi connectivity index (χ0v) is 8.16. The molecule has 72 valence electrons. The van der Waals surface area contributed by atoms with Gasteiger partial charge in [0, 0.05) is 24.0 Å². The Hall–Kier alpha value is -0.760. The summed E-state index contributed by atoms with van der Waals surface area (Å²) < 4.78 is 2.29. The molecule has 0 bridgehead atoms. The minimum Gasteiger partial charge on any atom is -0.388 e. The van der Waals surface area contributed by atoms with Gasteiger partial charge in [0.25, 0.3) is 0 Å². The van der Waals surface area contributed by atoms with E-state index in [1.807, 2.05) is 0 Å². The van der Waals surface area contributed by atoms with Crippen LogP contribution in [0.1, 0.15) is 43.5 Å². The Morgan fingerprint density at radius 2 is 2.46 bits per heavy atom. The molecule has 1 aliphatic carbocycles. The standard InChI is InChI=1S/C11H17NO/c1-2-7-12-8-6-9-10(12)4-3-5-11(9)13/h6,8,11,13H,2-5,7H2,1H3. The summed E-state index contributed by atoms with van der Waals surface area (Å²) in [6.07, 6.45) is 6.27. The van der Waals surface area contributed by atoms with Gasteiger partial charge >= 0.3 is 0 Å². The van der Waals surface area contributed by atoms with Crippen LogP contribution in [0.5, 0.6) is 0 Å². The van der Waals surface area contributed by atoms with E-state index >= 15 is 0 Å². The predicted molar refractivity (Wildman–Crippen MR) is 52.6 cm³/mol. The Labute approximate surface area is 79.2 Å². The number of fused-ring (bicyclic) bond motifs is 1. The molecule has 1 unspecified atom stereocenters. The molecule has 0 aliphatic heterocycles. The number of nitrogens with zero attached hydrogens (tertiary/aromatic N) is 1. The van der Waals surface area contributed by atoms with E-state index in [-0.39, 0.29) is 6.10 Å². The number of aromatic nitrogens is 1. The van der Waals surface area contributed by atoms with Gasteiger partial charge < -0.3 is 9.67 Å². The molecule has 0 amide bonds. The number of rotatable bonds is 2. The SMILES string of the molecule is CCCn1ccc2c1CCCC2O. The third-order valence-electron chi connectivity index (χ3n) is 2.83. The zero-order chi connectivity index (χ0) is 9.26. The Morgan fingerprint density at radius 1 is 1.62 bits per heavy atom. The number of hydrogen-bond acceptors (Lipinski definition) is 1. The van der Waals surface area contributed by atoms with Crippen LogP contribution < -0.4 is 0 Å². The maximum Gasteiger partial charge on any atom is 0.0807 e. The summed E-state index contributed by atoms with van der Waals surface area (Å²) in [5.41, 5.74) is 2.53. The number of aliphatic hydroxyl groups excluding tert-OH is 1. The van der Waals surface area contributed by atoms with Crippen LogP contribution in [0.2, 0.25) is 0 Å². The summed E-state index contributed by atoms with van der Waals surface area (Å²) in [6.45, 7) is 3.27. The van der Waals surface area contributed by atoms with Crippen molar-refractivity contribution in [1.82, 2.24) is 4.57 Å². The van der Waals surface area contributed by atoms with Crippen LogP contribution in [-0.4, -0.2) is 9.67 Å². The molecular formula is C11H17NO. The fourth-order valence-electron chi connectivity index (χ4n) is 2.18. The Kier molecular flexibility index (Phi) is 2.40. The highest BCUT2D eigenvalue weighted by Gasteiger charge is 2.20. The highest BCUT2D eigenvalue weighted by Crippen LogP contribution is 2.30. The molecule has 1 aromatic heterocycles. The Morgan fingerprint density at radius 3 is 3.23 bits per heavy atom. The van der Waals surface area contributed by atoms with Crippen LogP contribution >= 0.6 is 0 Å². The fraction of sp³-hybridized carbons (Fsp3) is 0.636. The molecule has 0 saturated heterocycles. The average molecular weight is 179 g/mol. The molecule has 0 radical (unpaired) electrons. The topological polar surface area (TPSA) is 25.2 Å². The minimum absolute atomic E-state index is 0.207. The van der Waals surface area contributed by atoms with Gasteiger partial charge in [-0.3, -0.25) is 0 Å². The highest BCUT2D eigenvalue weighted by atomic mass is 16.3. The maximum absolute atomic E-state index is 9.73. The van der Waals surface area contributed by atoms with E-state index in [4.69, 9.17) is 0 Å². The molecule has 2 nitrogen and oxygen atoms in total. The van der Waals surface area contributed by atoms with E-state index in [9.17, 15) is 5.11 Å². The highest BCUT2D eigenvalue weighted by molar-refractivity contribution is 5.27. The normalized spacial score (nSPS) is 21.5. The van der Waals surface area contributed by atoms with Gasteiger partial charge in [-0.15, -0.1) is 0 Å². The van der Waals surface area contributed by atoms with Gasteiger partial charge in [0.2, 0.25) is 0 Å². The molecule has 0 fully saturated rings. The molecule has 1 N–H and O–H groups in total. The quantitative estimate of drug-likeness (QED) is 0.740. The van der Waals surface area contributed by atoms with Crippen LogP contribution in [0.3, 0.4) is 0 Å². The molecule has 1 aliphatic rings. The summed E-state index contributed by atoms with van der Waals surface area (Å²) in [6, 6.07) is 2.08. The third-order valence-corrected chi connectivity index (χ3v) is 2.83. The van der Waals surface area contributed by atoms with Gasteiger partial charge in [-0.1, -0.05) is 6.92 Å². The van der Waals surface area contributed by atoms with Gasteiger partial charge in [-0.25, -0.2) is 0 Å². The monoisotopic (exact) mass is 179 g/mol. The predicted octanol–water partition coefficient (Wildman–Crippen LogP) is 2.27. The molecule has 2 rings (SSSR count). The van der Waals surface area contributed by atoms with Gasteiger partial charge in [-0.05, 0) is 31.7 Å². The van der Waals surface area contributed by atoms with Crippen LogP contribution in [-0.2, 0) is 13.0 Å². The second-order valence-electron chi connectivity index (χ2n) is 3.82. The van der Waals surface area contributed by atoms with Crippen LogP contribution in [0.4, 0.5) is 0 Å². The van der Waals surface area contributed by atoms with Crippen molar-refractivity contribution in [3.05, 3.63) is 23.5 Å². The van der Waals surface area contributed by atoms with Gasteiger partial charge in [-0.2, -0.15) is 0 Å². The van der Waals surface area contributed by atoms with Crippen molar-refractivity contribution in [3.63, 3.8) is 0 Å². The lowest BCUT2D eigenvalue weighted by Crippen LogP contribution is -2.11. The number of aryl methyl sites for hydroxylation is 1. The van der Waals surface area contributed by atoms with E-state index in [1.54, 1.807) is 0 Å². The molecule has 0 saturated carbocycles. The lowest BCUT2D eigenvalue weighted by atomic mass is 9.95. The lowest BCUT2D eigenvalue weighted by Gasteiger charge is -2.19. The van der Waals surface area contributed by atoms with Crippen molar-refractivity contribution in [3.8, 4) is 0 Å². The van der Waals surface area contributed by atoms with Crippen LogP contribution in [0.25, 0.3) is 0 Å². The average Bonchev–Trinajstić information content (AvgIpc) is 2.51. The third kappa shape index (κ3) is 1.51. The van der Waals surface area contributed by atoms with Gasteiger partial charge in [0.15, 0.2) is 0 Å². The molecule has 1 aromatic rings. The second kappa shape index (κ2) is 3.54. The first-order valence-corrected chi connectivity index (χ1v) is 5.19. The van der Waals surface area contributed by atoms with Crippen LogP contribution in [0.15, 0.2) is 12.3 Å². The lowest BCUT2D eigenvalue weighted by molar-refractivity contribution is 0.155. The van der Waals surface area contributed by atoms with Gasteiger partial charge in [0.1, 0.15) is 0 Å². The fourth-order valence-corrected chi connectivity index (χ4v) is 2.18. The Balaban J connectivity index is 2.30. The largest absolute Gasteiger partial charge is 0.388 e. The van der Waals surface area contributed by atoms with Gasteiger partial charge in [0.05, 0.1) is 6.10 Å². The molecule has 1 heterocycles. The molecule has 2 heteroatoms. The molecule has 0 aromatic carbocycles. The van der Waals surface area contributed by atoms with E-state index in [2.05, 4.69) is 23.8 Å². The first-order chi connectivity index (χ1) is 6.33. The minimum atomic E-state index is -0.207. The first kappa shape index (κ1) is 8.82. The summed E-state index contributed by atoms with van der Waals surface area (Å²) in [7, 11) is 0.